The van der Waals surface area contributed by atoms with Crippen molar-refractivity contribution in [3.05, 3.63) is 82.4 Å². The SMILES string of the molecule is Nc1cc(Cc2ccc(C(=O)O)c(N)c2)ccc1C(=O)O.Nc1cc(N)cc(C(=O)O)c1. The van der Waals surface area contributed by atoms with Crippen LogP contribution >= 0.6 is 0 Å². The van der Waals surface area contributed by atoms with Crippen molar-refractivity contribution in [2.45, 2.75) is 6.42 Å². The molecule has 0 amide bonds. The molecule has 11 N–H and O–H groups in total. The number of nitrogen functional groups attached to an aromatic ring is 4. The van der Waals surface area contributed by atoms with Crippen LogP contribution in [0.4, 0.5) is 22.7 Å². The number of hydrogen-bond acceptors (Lipinski definition) is 7. The number of hydrogen-bond donors (Lipinski definition) is 7. The summed E-state index contributed by atoms with van der Waals surface area (Å²) in [5.41, 5.74) is 25.0. The highest BCUT2D eigenvalue weighted by molar-refractivity contribution is 5.94. The molecular formula is C22H22N4O6. The number of anilines is 4. The third kappa shape index (κ3) is 6.13. The molecule has 0 heterocycles. The fourth-order valence-corrected chi connectivity index (χ4v) is 2.87. The molecule has 0 bridgehead atoms. The van der Waals surface area contributed by atoms with E-state index in [1.165, 1.54) is 30.3 Å². The first kappa shape index (κ1) is 23.5. The summed E-state index contributed by atoms with van der Waals surface area (Å²) in [6.45, 7) is 0. The van der Waals surface area contributed by atoms with E-state index in [0.29, 0.717) is 17.8 Å². The minimum Gasteiger partial charge on any atom is -0.478 e. The predicted octanol–water partition coefficient (Wildman–Crippen LogP) is 2.39. The fraction of sp³-hybridized carbons (Fsp3) is 0.0455. The van der Waals surface area contributed by atoms with Crippen molar-refractivity contribution in [2.24, 2.45) is 0 Å². The molecule has 0 fully saturated rings. The quantitative estimate of drug-likeness (QED) is 0.288. The van der Waals surface area contributed by atoms with Gasteiger partial charge in [-0.1, -0.05) is 12.1 Å². The molecule has 0 aliphatic carbocycles. The molecule has 3 aromatic carbocycles. The van der Waals surface area contributed by atoms with Crippen LogP contribution in [0.2, 0.25) is 0 Å². The predicted molar refractivity (Wildman–Crippen MR) is 121 cm³/mol. The third-order valence-electron chi connectivity index (χ3n) is 4.33. The minimum absolute atomic E-state index is 0.0551. The van der Waals surface area contributed by atoms with Crippen LogP contribution in [0, 0.1) is 0 Å². The molecule has 0 aliphatic heterocycles. The molecular weight excluding hydrogens is 416 g/mol. The van der Waals surface area contributed by atoms with Gasteiger partial charge in [0.05, 0.1) is 16.7 Å². The van der Waals surface area contributed by atoms with E-state index in [1.54, 1.807) is 24.3 Å². The van der Waals surface area contributed by atoms with Crippen LogP contribution in [0.1, 0.15) is 42.2 Å². The van der Waals surface area contributed by atoms with Crippen molar-refractivity contribution >= 4 is 40.7 Å². The summed E-state index contributed by atoms with van der Waals surface area (Å²) in [4.78, 5) is 32.2. The average molecular weight is 438 g/mol. The molecule has 10 nitrogen and oxygen atoms in total. The summed E-state index contributed by atoms with van der Waals surface area (Å²) >= 11 is 0. The first-order valence-corrected chi connectivity index (χ1v) is 9.10. The number of carbonyl (C=O) groups is 3. The van der Waals surface area contributed by atoms with E-state index in [0.717, 1.165) is 11.1 Å². The number of benzene rings is 3. The average Bonchev–Trinajstić information content (AvgIpc) is 2.67. The van der Waals surface area contributed by atoms with E-state index in [-0.39, 0.29) is 28.1 Å². The molecule has 166 valence electrons. The fourth-order valence-electron chi connectivity index (χ4n) is 2.87. The Kier molecular flexibility index (Phi) is 7.25. The Morgan fingerprint density at radius 1 is 0.594 bits per heavy atom. The van der Waals surface area contributed by atoms with Crippen LogP contribution in [0.15, 0.2) is 54.6 Å². The lowest BCUT2D eigenvalue weighted by Gasteiger charge is -2.08. The molecule has 0 spiro atoms. The Labute approximate surface area is 182 Å². The highest BCUT2D eigenvalue weighted by Crippen LogP contribution is 2.20. The van der Waals surface area contributed by atoms with E-state index in [4.69, 9.17) is 38.3 Å². The molecule has 3 rings (SSSR count). The van der Waals surface area contributed by atoms with Gasteiger partial charge in [0.1, 0.15) is 0 Å². The third-order valence-corrected chi connectivity index (χ3v) is 4.33. The lowest BCUT2D eigenvalue weighted by molar-refractivity contribution is 0.0686. The summed E-state index contributed by atoms with van der Waals surface area (Å²) in [5.74, 6) is -3.17. The van der Waals surface area contributed by atoms with E-state index < -0.39 is 17.9 Å². The van der Waals surface area contributed by atoms with Crippen molar-refractivity contribution in [1.29, 1.82) is 0 Å². The van der Waals surface area contributed by atoms with Gasteiger partial charge in [0.2, 0.25) is 0 Å². The maximum absolute atomic E-state index is 10.9. The first-order valence-electron chi connectivity index (χ1n) is 9.10. The molecule has 0 saturated heterocycles. The maximum Gasteiger partial charge on any atom is 0.337 e. The van der Waals surface area contributed by atoms with Crippen molar-refractivity contribution < 1.29 is 29.7 Å². The van der Waals surface area contributed by atoms with Gasteiger partial charge in [0.25, 0.3) is 0 Å². The molecule has 0 saturated carbocycles. The van der Waals surface area contributed by atoms with Crippen LogP contribution in [0.3, 0.4) is 0 Å². The van der Waals surface area contributed by atoms with Gasteiger partial charge < -0.3 is 38.3 Å². The molecule has 0 aromatic heterocycles. The van der Waals surface area contributed by atoms with Gasteiger partial charge in [0.15, 0.2) is 0 Å². The van der Waals surface area contributed by atoms with E-state index in [1.807, 2.05) is 0 Å². The number of nitrogens with two attached hydrogens (primary N) is 4. The van der Waals surface area contributed by atoms with E-state index >= 15 is 0 Å². The van der Waals surface area contributed by atoms with E-state index in [9.17, 15) is 14.4 Å². The number of aromatic carboxylic acids is 3. The summed E-state index contributed by atoms with van der Waals surface area (Å²) < 4.78 is 0. The summed E-state index contributed by atoms with van der Waals surface area (Å²) in [5, 5.41) is 26.3. The summed E-state index contributed by atoms with van der Waals surface area (Å²) in [7, 11) is 0. The molecule has 32 heavy (non-hydrogen) atoms. The molecule has 0 atom stereocenters. The van der Waals surface area contributed by atoms with Gasteiger partial charge in [0, 0.05) is 22.7 Å². The van der Waals surface area contributed by atoms with Crippen molar-refractivity contribution in [1.82, 2.24) is 0 Å². The normalized spacial score (nSPS) is 10.0. The monoisotopic (exact) mass is 438 g/mol. The van der Waals surface area contributed by atoms with Gasteiger partial charge in [-0.3, -0.25) is 0 Å². The number of carboxylic acid groups (broad SMARTS) is 3. The molecule has 0 unspecified atom stereocenters. The zero-order chi connectivity index (χ0) is 24.0. The Morgan fingerprint density at radius 2 is 1.00 bits per heavy atom. The lowest BCUT2D eigenvalue weighted by atomic mass is 10.0. The smallest absolute Gasteiger partial charge is 0.337 e. The second kappa shape index (κ2) is 9.85. The second-order valence-corrected chi connectivity index (χ2v) is 6.82. The van der Waals surface area contributed by atoms with Crippen molar-refractivity contribution in [3.63, 3.8) is 0 Å². The topological polar surface area (TPSA) is 216 Å². The van der Waals surface area contributed by atoms with Crippen molar-refractivity contribution in [3.8, 4) is 0 Å². The second-order valence-electron chi connectivity index (χ2n) is 6.82. The van der Waals surface area contributed by atoms with E-state index in [2.05, 4.69) is 0 Å². The zero-order valence-corrected chi connectivity index (χ0v) is 16.8. The molecule has 10 heteroatoms. The van der Waals surface area contributed by atoms with Gasteiger partial charge in [-0.25, -0.2) is 14.4 Å². The highest BCUT2D eigenvalue weighted by atomic mass is 16.4. The Hall–Kier alpha value is -4.73. The Morgan fingerprint density at radius 3 is 1.31 bits per heavy atom. The zero-order valence-electron chi connectivity index (χ0n) is 16.8. The van der Waals surface area contributed by atoms with Gasteiger partial charge in [-0.2, -0.15) is 0 Å². The van der Waals surface area contributed by atoms with Crippen LogP contribution in [-0.2, 0) is 6.42 Å². The summed E-state index contributed by atoms with van der Waals surface area (Å²) in [6, 6.07) is 13.6. The Balaban J connectivity index is 0.000000278. The van der Waals surface area contributed by atoms with Crippen LogP contribution in [0.5, 0.6) is 0 Å². The van der Waals surface area contributed by atoms with Gasteiger partial charge in [-0.05, 0) is 60.0 Å². The summed E-state index contributed by atoms with van der Waals surface area (Å²) in [6.07, 6.45) is 0.480. The van der Waals surface area contributed by atoms with Gasteiger partial charge >= 0.3 is 17.9 Å². The highest BCUT2D eigenvalue weighted by Gasteiger charge is 2.10. The standard InChI is InChI=1S/C15H14N2O4.C7H8N2O2/c16-12-6-8(1-3-10(12)14(18)19)5-9-2-4-11(15(20)21)13(17)7-9;8-5-1-4(7(10)11)2-6(9)3-5/h1-4,6-7H,5,16-17H2,(H,18,19)(H,20,21);1-3H,8-9H2,(H,10,11). The van der Waals surface area contributed by atoms with Crippen LogP contribution in [-0.4, -0.2) is 33.2 Å². The number of rotatable bonds is 5. The van der Waals surface area contributed by atoms with Crippen LogP contribution < -0.4 is 22.9 Å². The minimum atomic E-state index is -1.07. The number of carboxylic acids is 3. The maximum atomic E-state index is 10.9. The largest absolute Gasteiger partial charge is 0.478 e. The molecule has 0 aliphatic rings. The first-order chi connectivity index (χ1) is 15.0. The van der Waals surface area contributed by atoms with Crippen molar-refractivity contribution in [2.75, 3.05) is 22.9 Å². The van der Waals surface area contributed by atoms with Gasteiger partial charge in [-0.15, -0.1) is 0 Å². The molecule has 3 aromatic rings. The Bertz CT molecular complexity index is 1110. The lowest BCUT2D eigenvalue weighted by Crippen LogP contribution is -2.04. The van der Waals surface area contributed by atoms with Crippen LogP contribution in [0.25, 0.3) is 0 Å². The molecule has 0 radical (unpaired) electrons.